The topological polar surface area (TPSA) is 24.1 Å². The van der Waals surface area contributed by atoms with Gasteiger partial charge >= 0.3 is 0 Å². The third kappa shape index (κ3) is 4.95. The molecule has 1 aromatic rings. The van der Waals surface area contributed by atoms with E-state index in [9.17, 15) is 0 Å². The van der Waals surface area contributed by atoms with Gasteiger partial charge in [0.05, 0.1) is 0 Å². The SMILES string of the molecule is C1CNCCN1.c1ccsc1. The summed E-state index contributed by atoms with van der Waals surface area (Å²) >= 11 is 1.71. The Kier molecular flexibility index (Phi) is 5.02. The van der Waals surface area contributed by atoms with Crippen LogP contribution < -0.4 is 10.6 Å². The molecule has 1 aliphatic rings. The lowest BCUT2D eigenvalue weighted by atomic mass is 10.4. The largest absolute Gasteiger partial charge is 0.314 e. The van der Waals surface area contributed by atoms with Crippen LogP contribution in [-0.4, -0.2) is 26.2 Å². The third-order valence-corrected chi connectivity index (χ3v) is 2.01. The van der Waals surface area contributed by atoms with Crippen LogP contribution in [0.5, 0.6) is 0 Å². The number of hydrogen-bond acceptors (Lipinski definition) is 3. The molecule has 2 N–H and O–H groups in total. The van der Waals surface area contributed by atoms with Gasteiger partial charge in [0, 0.05) is 26.2 Å². The van der Waals surface area contributed by atoms with Crippen molar-refractivity contribution in [2.75, 3.05) is 26.2 Å². The quantitative estimate of drug-likeness (QED) is 0.605. The van der Waals surface area contributed by atoms with E-state index in [0.29, 0.717) is 0 Å². The van der Waals surface area contributed by atoms with Gasteiger partial charge in [0.1, 0.15) is 0 Å². The average Bonchev–Trinajstić information content (AvgIpc) is 2.64. The molecule has 0 aromatic carbocycles. The lowest BCUT2D eigenvalue weighted by Crippen LogP contribution is -2.39. The monoisotopic (exact) mass is 170 g/mol. The maximum atomic E-state index is 3.22. The summed E-state index contributed by atoms with van der Waals surface area (Å²) in [5.41, 5.74) is 0. The lowest BCUT2D eigenvalue weighted by molar-refractivity contribution is 0.534. The number of nitrogens with one attached hydrogen (secondary N) is 2. The fourth-order valence-electron chi connectivity index (χ4n) is 0.830. The Morgan fingerprint density at radius 3 is 1.45 bits per heavy atom. The molecule has 11 heavy (non-hydrogen) atoms. The fourth-order valence-corrected chi connectivity index (χ4v) is 1.28. The van der Waals surface area contributed by atoms with E-state index in [0.717, 1.165) is 26.2 Å². The van der Waals surface area contributed by atoms with Crippen LogP contribution >= 0.6 is 11.3 Å². The van der Waals surface area contributed by atoms with E-state index in [1.54, 1.807) is 11.3 Å². The predicted octanol–water partition coefficient (Wildman–Crippen LogP) is 0.927. The third-order valence-electron chi connectivity index (χ3n) is 1.38. The van der Waals surface area contributed by atoms with Crippen LogP contribution in [-0.2, 0) is 0 Å². The summed E-state index contributed by atoms with van der Waals surface area (Å²) in [6.07, 6.45) is 0. The fraction of sp³-hybridized carbons (Fsp3) is 0.500. The molecule has 0 saturated carbocycles. The number of piperazine rings is 1. The molecule has 0 aliphatic carbocycles. The minimum Gasteiger partial charge on any atom is -0.314 e. The Labute approximate surface area is 71.6 Å². The van der Waals surface area contributed by atoms with Gasteiger partial charge in [-0.2, -0.15) is 11.3 Å². The summed E-state index contributed by atoms with van der Waals surface area (Å²) < 4.78 is 0. The van der Waals surface area contributed by atoms with Crippen molar-refractivity contribution in [1.29, 1.82) is 0 Å². The minimum atomic E-state index is 1.14. The first-order valence-corrected chi connectivity index (χ1v) is 4.83. The van der Waals surface area contributed by atoms with Gasteiger partial charge in [0.25, 0.3) is 0 Å². The van der Waals surface area contributed by atoms with Crippen molar-refractivity contribution < 1.29 is 0 Å². The maximum absolute atomic E-state index is 3.22. The summed E-state index contributed by atoms with van der Waals surface area (Å²) in [5.74, 6) is 0. The van der Waals surface area contributed by atoms with Crippen molar-refractivity contribution in [2.24, 2.45) is 0 Å². The van der Waals surface area contributed by atoms with Crippen LogP contribution in [0.3, 0.4) is 0 Å². The molecule has 0 radical (unpaired) electrons. The van der Waals surface area contributed by atoms with Gasteiger partial charge in [-0.25, -0.2) is 0 Å². The molecule has 0 bridgehead atoms. The molecule has 0 atom stereocenters. The van der Waals surface area contributed by atoms with Crippen molar-refractivity contribution in [1.82, 2.24) is 10.6 Å². The average molecular weight is 170 g/mol. The summed E-state index contributed by atoms with van der Waals surface area (Å²) in [6, 6.07) is 4.04. The molecular weight excluding hydrogens is 156 g/mol. The van der Waals surface area contributed by atoms with Gasteiger partial charge in [0.15, 0.2) is 0 Å². The first-order valence-electron chi connectivity index (χ1n) is 3.89. The minimum absolute atomic E-state index is 1.14. The van der Waals surface area contributed by atoms with Crippen LogP contribution in [0.2, 0.25) is 0 Å². The van der Waals surface area contributed by atoms with E-state index in [2.05, 4.69) is 10.6 Å². The second-order valence-electron chi connectivity index (χ2n) is 2.29. The van der Waals surface area contributed by atoms with Crippen LogP contribution in [0.15, 0.2) is 22.9 Å². The van der Waals surface area contributed by atoms with Crippen LogP contribution in [0.4, 0.5) is 0 Å². The van der Waals surface area contributed by atoms with Gasteiger partial charge in [-0.15, -0.1) is 0 Å². The van der Waals surface area contributed by atoms with Crippen molar-refractivity contribution in [2.45, 2.75) is 0 Å². The Morgan fingerprint density at radius 1 is 0.818 bits per heavy atom. The molecule has 0 unspecified atom stereocenters. The van der Waals surface area contributed by atoms with Gasteiger partial charge in [-0.1, -0.05) is 12.1 Å². The zero-order chi connectivity index (χ0) is 7.78. The molecule has 1 saturated heterocycles. The highest BCUT2D eigenvalue weighted by atomic mass is 32.1. The van der Waals surface area contributed by atoms with Gasteiger partial charge in [-0.3, -0.25) is 0 Å². The molecule has 3 heteroatoms. The van der Waals surface area contributed by atoms with E-state index in [1.165, 1.54) is 0 Å². The maximum Gasteiger partial charge on any atom is 0.00772 e. The molecule has 0 spiro atoms. The molecule has 0 amide bonds. The highest BCUT2D eigenvalue weighted by molar-refractivity contribution is 7.07. The van der Waals surface area contributed by atoms with E-state index in [-0.39, 0.29) is 0 Å². The van der Waals surface area contributed by atoms with Gasteiger partial charge < -0.3 is 10.6 Å². The molecule has 1 fully saturated rings. The molecule has 2 nitrogen and oxygen atoms in total. The van der Waals surface area contributed by atoms with Gasteiger partial charge in [0.2, 0.25) is 0 Å². The first-order chi connectivity index (χ1) is 5.50. The zero-order valence-electron chi connectivity index (χ0n) is 6.55. The van der Waals surface area contributed by atoms with Crippen molar-refractivity contribution >= 4 is 11.3 Å². The molecule has 2 heterocycles. The summed E-state index contributed by atoms with van der Waals surface area (Å²) in [5, 5.41) is 10.5. The van der Waals surface area contributed by atoms with Crippen molar-refractivity contribution in [3.63, 3.8) is 0 Å². The Hall–Kier alpha value is -0.380. The second kappa shape index (κ2) is 6.34. The van der Waals surface area contributed by atoms with Crippen LogP contribution in [0.1, 0.15) is 0 Å². The Balaban J connectivity index is 0.000000112. The second-order valence-corrected chi connectivity index (χ2v) is 3.11. The predicted molar refractivity (Wildman–Crippen MR) is 50.1 cm³/mol. The van der Waals surface area contributed by atoms with Gasteiger partial charge in [-0.05, 0) is 10.8 Å². The normalized spacial score (nSPS) is 16.7. The molecule has 2 rings (SSSR count). The van der Waals surface area contributed by atoms with E-state index in [1.807, 2.05) is 22.9 Å². The highest BCUT2D eigenvalue weighted by Gasteiger charge is 1.91. The summed E-state index contributed by atoms with van der Waals surface area (Å²) in [7, 11) is 0. The molecule has 1 aromatic heterocycles. The molecular formula is C8H14N2S. The van der Waals surface area contributed by atoms with E-state index >= 15 is 0 Å². The number of thiophene rings is 1. The standard InChI is InChI=1S/C4H10N2.C4H4S/c1-2-6-4-3-5-1;1-2-4-5-3-1/h5-6H,1-4H2;1-4H. The highest BCUT2D eigenvalue weighted by Crippen LogP contribution is 1.91. The van der Waals surface area contributed by atoms with E-state index < -0.39 is 0 Å². The Morgan fingerprint density at radius 2 is 1.27 bits per heavy atom. The number of hydrogen-bond donors (Lipinski definition) is 2. The van der Waals surface area contributed by atoms with Crippen molar-refractivity contribution in [3.8, 4) is 0 Å². The number of rotatable bonds is 0. The molecule has 1 aliphatic heterocycles. The zero-order valence-corrected chi connectivity index (χ0v) is 7.36. The molecule has 62 valence electrons. The van der Waals surface area contributed by atoms with Crippen molar-refractivity contribution in [3.05, 3.63) is 22.9 Å². The van der Waals surface area contributed by atoms with E-state index in [4.69, 9.17) is 0 Å². The van der Waals surface area contributed by atoms with Crippen LogP contribution in [0.25, 0.3) is 0 Å². The summed E-state index contributed by atoms with van der Waals surface area (Å²) in [6.45, 7) is 4.56. The smallest absolute Gasteiger partial charge is 0.00772 e. The Bertz CT molecular complexity index is 118. The van der Waals surface area contributed by atoms with Crippen LogP contribution in [0, 0.1) is 0 Å². The lowest BCUT2D eigenvalue weighted by Gasteiger charge is -2.11. The summed E-state index contributed by atoms with van der Waals surface area (Å²) in [4.78, 5) is 0. The first kappa shape index (κ1) is 8.71.